The Kier molecular flexibility index (Phi) is 3.70. The number of hydrogen-bond donors (Lipinski definition) is 1. The van der Waals surface area contributed by atoms with Crippen LogP contribution >= 0.6 is 0 Å². The van der Waals surface area contributed by atoms with Gasteiger partial charge in [0.05, 0.1) is 5.69 Å². The Labute approximate surface area is 95.6 Å². The van der Waals surface area contributed by atoms with Gasteiger partial charge in [0.1, 0.15) is 0 Å². The van der Waals surface area contributed by atoms with E-state index in [9.17, 15) is 4.79 Å². The zero-order valence-electron chi connectivity index (χ0n) is 10.3. The second-order valence-corrected chi connectivity index (χ2v) is 4.80. The average Bonchev–Trinajstić information content (AvgIpc) is 2.62. The molecule has 1 amide bonds. The first-order valence-electron chi connectivity index (χ1n) is 5.23. The minimum absolute atomic E-state index is 0.0989. The van der Waals surface area contributed by atoms with Crippen LogP contribution in [0.3, 0.4) is 0 Å². The molecule has 1 aromatic rings. The van der Waals surface area contributed by atoms with Gasteiger partial charge in [0.2, 0.25) is 5.76 Å². The van der Waals surface area contributed by atoms with Crippen LogP contribution in [0.5, 0.6) is 0 Å². The van der Waals surface area contributed by atoms with E-state index < -0.39 is 0 Å². The highest BCUT2D eigenvalue weighted by Gasteiger charge is 2.24. The van der Waals surface area contributed by atoms with Crippen LogP contribution in [0.25, 0.3) is 0 Å². The largest absolute Gasteiger partial charge is 0.438 e. The van der Waals surface area contributed by atoms with Crippen LogP contribution < -0.4 is 5.73 Å². The minimum atomic E-state index is -0.156. The third-order valence-corrected chi connectivity index (χ3v) is 2.50. The number of carbonyl (C=O) groups is 1. The van der Waals surface area contributed by atoms with Gasteiger partial charge in [-0.25, -0.2) is 4.98 Å². The van der Waals surface area contributed by atoms with Gasteiger partial charge in [0.25, 0.3) is 5.91 Å². The van der Waals surface area contributed by atoms with Crippen LogP contribution in [0.4, 0.5) is 0 Å². The van der Waals surface area contributed by atoms with E-state index in [1.54, 1.807) is 18.9 Å². The van der Waals surface area contributed by atoms with Crippen molar-refractivity contribution < 1.29 is 9.21 Å². The molecular formula is C11H19N3O2. The van der Waals surface area contributed by atoms with E-state index in [2.05, 4.69) is 4.98 Å². The number of nitrogens with zero attached hydrogens (tertiary/aromatic N) is 2. The molecule has 90 valence electrons. The van der Waals surface area contributed by atoms with Gasteiger partial charge in [-0.05, 0) is 18.9 Å². The number of carbonyl (C=O) groups excluding carboxylic acids is 1. The van der Waals surface area contributed by atoms with Crippen LogP contribution in [0, 0.1) is 12.3 Å². The maximum atomic E-state index is 12.0. The fraction of sp³-hybridized carbons (Fsp3) is 0.636. The summed E-state index contributed by atoms with van der Waals surface area (Å²) in [6.07, 6.45) is 1.28. The number of hydrogen-bond acceptors (Lipinski definition) is 4. The predicted molar refractivity (Wildman–Crippen MR) is 61.0 cm³/mol. The Morgan fingerprint density at radius 2 is 2.25 bits per heavy atom. The molecule has 0 bridgehead atoms. The lowest BCUT2D eigenvalue weighted by atomic mass is 9.93. The fourth-order valence-electron chi connectivity index (χ4n) is 1.46. The van der Waals surface area contributed by atoms with Gasteiger partial charge in [-0.2, -0.15) is 0 Å². The van der Waals surface area contributed by atoms with E-state index in [4.69, 9.17) is 10.2 Å². The van der Waals surface area contributed by atoms with Crippen molar-refractivity contribution in [2.75, 3.05) is 20.1 Å². The molecule has 0 atom stereocenters. The van der Waals surface area contributed by atoms with Crippen LogP contribution in [0.2, 0.25) is 0 Å². The summed E-state index contributed by atoms with van der Waals surface area (Å²) in [7, 11) is 1.74. The van der Waals surface area contributed by atoms with E-state index in [0.717, 1.165) is 0 Å². The summed E-state index contributed by atoms with van der Waals surface area (Å²) in [5.74, 6) is 0.145. The zero-order chi connectivity index (χ0) is 12.3. The summed E-state index contributed by atoms with van der Waals surface area (Å²) in [6, 6.07) is 0. The van der Waals surface area contributed by atoms with Crippen molar-refractivity contribution in [3.63, 3.8) is 0 Å². The predicted octanol–water partition coefficient (Wildman–Crippen LogP) is 1.04. The molecule has 0 radical (unpaired) electrons. The lowest BCUT2D eigenvalue weighted by Gasteiger charge is -2.28. The van der Waals surface area contributed by atoms with Crippen molar-refractivity contribution in [1.29, 1.82) is 0 Å². The molecule has 0 saturated carbocycles. The molecular weight excluding hydrogens is 206 g/mol. The van der Waals surface area contributed by atoms with Crippen molar-refractivity contribution in [3.8, 4) is 0 Å². The van der Waals surface area contributed by atoms with Crippen molar-refractivity contribution in [1.82, 2.24) is 9.88 Å². The van der Waals surface area contributed by atoms with Crippen molar-refractivity contribution in [2.45, 2.75) is 20.8 Å². The third kappa shape index (κ3) is 2.82. The van der Waals surface area contributed by atoms with Gasteiger partial charge < -0.3 is 15.1 Å². The summed E-state index contributed by atoms with van der Waals surface area (Å²) in [6.45, 7) is 6.90. The maximum Gasteiger partial charge on any atom is 0.291 e. The van der Waals surface area contributed by atoms with Gasteiger partial charge in [0, 0.05) is 13.6 Å². The molecule has 0 spiro atoms. The van der Waals surface area contributed by atoms with Gasteiger partial charge in [0.15, 0.2) is 6.39 Å². The van der Waals surface area contributed by atoms with Crippen molar-refractivity contribution >= 4 is 5.91 Å². The highest BCUT2D eigenvalue weighted by Crippen LogP contribution is 2.16. The summed E-state index contributed by atoms with van der Waals surface area (Å²) >= 11 is 0. The first-order valence-corrected chi connectivity index (χ1v) is 5.23. The third-order valence-electron chi connectivity index (χ3n) is 2.50. The maximum absolute atomic E-state index is 12.0. The molecule has 16 heavy (non-hydrogen) atoms. The quantitative estimate of drug-likeness (QED) is 0.831. The Balaban J connectivity index is 2.73. The molecule has 2 N–H and O–H groups in total. The molecule has 0 aliphatic rings. The average molecular weight is 225 g/mol. The summed E-state index contributed by atoms with van der Waals surface area (Å²) in [4.78, 5) is 17.5. The lowest BCUT2D eigenvalue weighted by Crippen LogP contribution is -2.39. The molecule has 1 rings (SSSR count). The number of amides is 1. The number of oxazole rings is 1. The highest BCUT2D eigenvalue weighted by atomic mass is 16.3. The first-order chi connectivity index (χ1) is 7.37. The summed E-state index contributed by atoms with van der Waals surface area (Å²) in [5.41, 5.74) is 6.14. The lowest BCUT2D eigenvalue weighted by molar-refractivity contribution is 0.0708. The first kappa shape index (κ1) is 12.7. The van der Waals surface area contributed by atoms with Gasteiger partial charge >= 0.3 is 0 Å². The molecule has 0 aliphatic heterocycles. The molecule has 5 nitrogen and oxygen atoms in total. The number of aromatic nitrogens is 1. The van der Waals surface area contributed by atoms with E-state index in [1.807, 2.05) is 13.8 Å². The molecule has 0 unspecified atom stereocenters. The minimum Gasteiger partial charge on any atom is -0.438 e. The van der Waals surface area contributed by atoms with E-state index in [0.29, 0.717) is 24.5 Å². The zero-order valence-corrected chi connectivity index (χ0v) is 10.3. The molecule has 0 aromatic carbocycles. The van der Waals surface area contributed by atoms with Crippen LogP contribution in [-0.4, -0.2) is 35.9 Å². The van der Waals surface area contributed by atoms with Crippen LogP contribution in [0.15, 0.2) is 10.8 Å². The summed E-state index contributed by atoms with van der Waals surface area (Å²) in [5, 5.41) is 0. The van der Waals surface area contributed by atoms with E-state index in [-0.39, 0.29) is 11.3 Å². The SMILES string of the molecule is Cc1ncoc1C(=O)N(C)CC(C)(C)CN. The fourth-order valence-corrected chi connectivity index (χ4v) is 1.46. The highest BCUT2D eigenvalue weighted by molar-refractivity contribution is 5.92. The number of rotatable bonds is 4. The van der Waals surface area contributed by atoms with Crippen LogP contribution in [-0.2, 0) is 0 Å². The van der Waals surface area contributed by atoms with E-state index >= 15 is 0 Å². The smallest absolute Gasteiger partial charge is 0.291 e. The number of nitrogens with two attached hydrogens (primary N) is 1. The monoisotopic (exact) mass is 225 g/mol. The molecule has 0 fully saturated rings. The molecule has 0 saturated heterocycles. The second kappa shape index (κ2) is 4.65. The van der Waals surface area contributed by atoms with Gasteiger partial charge in [-0.1, -0.05) is 13.8 Å². The summed E-state index contributed by atoms with van der Waals surface area (Å²) < 4.78 is 5.06. The molecule has 0 aliphatic carbocycles. The Hall–Kier alpha value is -1.36. The molecule has 1 aromatic heterocycles. The van der Waals surface area contributed by atoms with Gasteiger partial charge in [-0.3, -0.25) is 4.79 Å². The Morgan fingerprint density at radius 3 is 2.69 bits per heavy atom. The standard InChI is InChI=1S/C11H19N3O2/c1-8-9(16-7-13-8)10(15)14(4)6-11(2,3)5-12/h7H,5-6,12H2,1-4H3. The van der Waals surface area contributed by atoms with Crippen LogP contribution in [0.1, 0.15) is 30.1 Å². The Bertz CT molecular complexity index is 371. The van der Waals surface area contributed by atoms with E-state index in [1.165, 1.54) is 6.39 Å². The van der Waals surface area contributed by atoms with Crippen molar-refractivity contribution in [3.05, 3.63) is 17.8 Å². The second-order valence-electron chi connectivity index (χ2n) is 4.80. The molecule has 1 heterocycles. The molecule has 5 heteroatoms. The Morgan fingerprint density at radius 1 is 1.62 bits per heavy atom. The normalized spacial score (nSPS) is 11.6. The number of aryl methyl sites for hydroxylation is 1. The van der Waals surface area contributed by atoms with Gasteiger partial charge in [-0.15, -0.1) is 0 Å². The van der Waals surface area contributed by atoms with Crippen molar-refractivity contribution in [2.24, 2.45) is 11.1 Å². The topological polar surface area (TPSA) is 72.4 Å².